The normalized spacial score (nSPS) is 15.8. The fraction of sp³-hybridized carbons (Fsp3) is 0.500. The standard InChI is InChI=1S/C16H21NO5S.Na.H/c1-11-16(2,3)13-10-12(23(20,21)22)7-8-14(13)17(11)9-5-4-6-15(18)19;;/h7-8,10H,4-6,9H2,1-3H3,(H-,18,19,20,21,22);;/p+1. The first-order valence-electron chi connectivity index (χ1n) is 7.50. The van der Waals surface area contributed by atoms with Crippen LogP contribution in [0.1, 0.15) is 45.6 Å². The molecule has 24 heavy (non-hydrogen) atoms. The Balaban J connectivity index is 0.00000288. The van der Waals surface area contributed by atoms with Gasteiger partial charge in [0.25, 0.3) is 10.1 Å². The molecule has 1 heterocycles. The van der Waals surface area contributed by atoms with Gasteiger partial charge in [0.2, 0.25) is 5.69 Å². The molecule has 1 aliphatic rings. The van der Waals surface area contributed by atoms with E-state index in [0.717, 1.165) is 23.4 Å². The van der Waals surface area contributed by atoms with Crippen molar-refractivity contribution in [2.75, 3.05) is 6.54 Å². The van der Waals surface area contributed by atoms with E-state index in [2.05, 4.69) is 4.58 Å². The van der Waals surface area contributed by atoms with Crippen molar-refractivity contribution in [2.24, 2.45) is 0 Å². The first-order valence-corrected chi connectivity index (χ1v) is 8.94. The summed E-state index contributed by atoms with van der Waals surface area (Å²) < 4.78 is 34.1. The Bertz CT molecular complexity index is 784. The Kier molecular flexibility index (Phi) is 6.80. The average Bonchev–Trinajstić information content (AvgIpc) is 2.62. The van der Waals surface area contributed by atoms with Crippen LogP contribution in [0.4, 0.5) is 5.69 Å². The van der Waals surface area contributed by atoms with Gasteiger partial charge in [-0.1, -0.05) is 0 Å². The molecule has 0 atom stereocenters. The van der Waals surface area contributed by atoms with Crippen LogP contribution in [-0.4, -0.2) is 70.4 Å². The molecular weight excluding hydrogens is 341 g/mol. The van der Waals surface area contributed by atoms with Crippen molar-refractivity contribution in [1.29, 1.82) is 0 Å². The number of carboxylic acid groups (broad SMARTS) is 1. The van der Waals surface area contributed by atoms with Gasteiger partial charge in [-0.2, -0.15) is 13.0 Å². The summed E-state index contributed by atoms with van der Waals surface area (Å²) in [5.41, 5.74) is 2.50. The molecule has 0 unspecified atom stereocenters. The van der Waals surface area contributed by atoms with Crippen LogP contribution >= 0.6 is 0 Å². The number of aliphatic carboxylic acids is 1. The maximum absolute atomic E-state index is 11.4. The molecule has 0 fully saturated rings. The van der Waals surface area contributed by atoms with Gasteiger partial charge >= 0.3 is 35.5 Å². The molecule has 0 aromatic heterocycles. The predicted molar refractivity (Wildman–Crippen MR) is 93.4 cm³/mol. The summed E-state index contributed by atoms with van der Waals surface area (Å²) in [5, 5.41) is 8.71. The van der Waals surface area contributed by atoms with Gasteiger partial charge in [-0.3, -0.25) is 9.35 Å². The SMILES string of the molecule is CC1=[N+](CCCCC(=O)O)c2ccc(S(=O)(=O)O)cc2C1(C)C.[NaH]. The molecule has 128 valence electrons. The number of carboxylic acids is 1. The van der Waals surface area contributed by atoms with Gasteiger partial charge < -0.3 is 5.11 Å². The van der Waals surface area contributed by atoms with E-state index in [1.165, 1.54) is 12.1 Å². The van der Waals surface area contributed by atoms with Gasteiger partial charge in [0, 0.05) is 31.4 Å². The van der Waals surface area contributed by atoms with Crippen molar-refractivity contribution >= 4 is 57.0 Å². The van der Waals surface area contributed by atoms with E-state index in [1.54, 1.807) is 6.07 Å². The summed E-state index contributed by atoms with van der Waals surface area (Å²) in [5.74, 6) is -0.800. The first-order chi connectivity index (χ1) is 10.5. The van der Waals surface area contributed by atoms with E-state index < -0.39 is 16.1 Å². The van der Waals surface area contributed by atoms with Crippen molar-refractivity contribution in [3.63, 3.8) is 0 Å². The molecule has 0 saturated carbocycles. The molecule has 1 aromatic rings. The number of hydrogen-bond acceptors (Lipinski definition) is 3. The van der Waals surface area contributed by atoms with Crippen LogP contribution in [0.2, 0.25) is 0 Å². The van der Waals surface area contributed by atoms with E-state index >= 15 is 0 Å². The number of benzene rings is 1. The number of hydrogen-bond donors (Lipinski definition) is 2. The zero-order valence-corrected chi connectivity index (χ0v) is 14.4. The van der Waals surface area contributed by atoms with Crippen LogP contribution in [0.3, 0.4) is 0 Å². The quantitative estimate of drug-likeness (QED) is 0.348. The molecule has 2 rings (SSSR count). The second kappa shape index (κ2) is 7.66. The molecule has 0 saturated heterocycles. The first kappa shape index (κ1) is 21.3. The van der Waals surface area contributed by atoms with E-state index in [4.69, 9.17) is 5.11 Å². The summed E-state index contributed by atoms with van der Waals surface area (Å²) in [4.78, 5) is 10.5. The van der Waals surface area contributed by atoms with Gasteiger partial charge in [-0.25, -0.2) is 0 Å². The number of rotatable bonds is 6. The van der Waals surface area contributed by atoms with Crippen LogP contribution in [0.5, 0.6) is 0 Å². The zero-order chi connectivity index (χ0) is 17.4. The van der Waals surface area contributed by atoms with Crippen molar-refractivity contribution < 1.29 is 27.4 Å². The molecule has 0 radical (unpaired) electrons. The van der Waals surface area contributed by atoms with E-state index in [-0.39, 0.29) is 46.3 Å². The van der Waals surface area contributed by atoms with Gasteiger partial charge in [-0.05, 0) is 32.4 Å². The third-order valence-corrected chi connectivity index (χ3v) is 5.41. The Morgan fingerprint density at radius 3 is 2.42 bits per heavy atom. The van der Waals surface area contributed by atoms with Crippen molar-refractivity contribution in [2.45, 2.75) is 50.3 Å². The van der Waals surface area contributed by atoms with Crippen LogP contribution in [0.25, 0.3) is 0 Å². The maximum atomic E-state index is 11.4. The van der Waals surface area contributed by atoms with Gasteiger partial charge in [0.05, 0.1) is 10.3 Å². The Hall–Kier alpha value is -0.730. The third-order valence-electron chi connectivity index (χ3n) is 4.56. The zero-order valence-electron chi connectivity index (χ0n) is 13.5. The van der Waals surface area contributed by atoms with Crippen LogP contribution in [-0.2, 0) is 20.3 Å². The molecular formula is C16H23NNaO5S+. The Morgan fingerprint density at radius 2 is 1.88 bits per heavy atom. The summed E-state index contributed by atoms with van der Waals surface area (Å²) in [6.45, 7) is 6.68. The minimum absolute atomic E-state index is 0. The number of unbranched alkanes of at least 4 members (excludes halogenated alkanes) is 1. The summed E-state index contributed by atoms with van der Waals surface area (Å²) >= 11 is 0. The molecule has 0 spiro atoms. The molecule has 1 aliphatic heterocycles. The minimum atomic E-state index is -4.23. The molecule has 2 N–H and O–H groups in total. The van der Waals surface area contributed by atoms with Crippen molar-refractivity contribution in [3.8, 4) is 0 Å². The monoisotopic (exact) mass is 364 g/mol. The number of nitrogens with zero attached hydrogens (tertiary/aromatic N) is 1. The molecule has 6 nitrogen and oxygen atoms in total. The summed E-state index contributed by atoms with van der Waals surface area (Å²) in [6, 6.07) is 4.62. The molecule has 0 bridgehead atoms. The molecule has 0 aliphatic carbocycles. The predicted octanol–water partition coefficient (Wildman–Crippen LogP) is 1.94. The Labute approximate surface area is 164 Å². The van der Waals surface area contributed by atoms with Crippen molar-refractivity contribution in [3.05, 3.63) is 23.8 Å². The second-order valence-corrected chi connectivity index (χ2v) is 7.79. The van der Waals surface area contributed by atoms with Crippen LogP contribution in [0, 0.1) is 0 Å². The fourth-order valence-electron chi connectivity index (χ4n) is 2.96. The fourth-order valence-corrected chi connectivity index (χ4v) is 3.47. The number of carbonyl (C=O) groups is 1. The third kappa shape index (κ3) is 4.26. The van der Waals surface area contributed by atoms with Gasteiger partial charge in [-0.15, -0.1) is 0 Å². The molecule has 1 aromatic carbocycles. The second-order valence-electron chi connectivity index (χ2n) is 6.37. The van der Waals surface area contributed by atoms with E-state index in [0.29, 0.717) is 13.0 Å². The molecule has 0 amide bonds. The van der Waals surface area contributed by atoms with E-state index in [9.17, 15) is 17.8 Å². The van der Waals surface area contributed by atoms with Crippen LogP contribution in [0.15, 0.2) is 23.1 Å². The summed E-state index contributed by atoms with van der Waals surface area (Å²) in [7, 11) is -4.23. The average molecular weight is 364 g/mol. The van der Waals surface area contributed by atoms with Gasteiger partial charge in [0.15, 0.2) is 5.71 Å². The van der Waals surface area contributed by atoms with Crippen molar-refractivity contribution in [1.82, 2.24) is 0 Å². The summed E-state index contributed by atoms with van der Waals surface area (Å²) in [6.07, 6.45) is 1.47. The topological polar surface area (TPSA) is 94.7 Å². The number of fused-ring (bicyclic) bond motifs is 1. The molecule has 8 heteroatoms. The van der Waals surface area contributed by atoms with Gasteiger partial charge in [0.1, 0.15) is 6.54 Å². The van der Waals surface area contributed by atoms with Crippen LogP contribution < -0.4 is 0 Å². The van der Waals surface area contributed by atoms with E-state index in [1.807, 2.05) is 20.8 Å². The Morgan fingerprint density at radius 1 is 1.25 bits per heavy atom.